The maximum atomic E-state index is 12.9. The predicted molar refractivity (Wildman–Crippen MR) is 325 cm³/mol. The number of carbonyl (C=O) groups excluding carboxylic acids is 3. The van der Waals surface area contributed by atoms with Gasteiger partial charge >= 0.3 is 17.9 Å². The van der Waals surface area contributed by atoms with Crippen molar-refractivity contribution in [1.29, 1.82) is 0 Å². The van der Waals surface area contributed by atoms with E-state index in [4.69, 9.17) is 14.2 Å². The molecule has 0 aliphatic rings. The van der Waals surface area contributed by atoms with Crippen LogP contribution in [0.25, 0.3) is 0 Å². The molecule has 6 nitrogen and oxygen atoms in total. The first-order valence-corrected chi connectivity index (χ1v) is 32.1. The Hall–Kier alpha value is -3.41. The molecule has 0 amide bonds. The third-order valence-corrected chi connectivity index (χ3v) is 13.9. The molecule has 75 heavy (non-hydrogen) atoms. The van der Waals surface area contributed by atoms with Gasteiger partial charge in [0, 0.05) is 19.3 Å². The fraction of sp³-hybridized carbons (Fsp3) is 0.754. The summed E-state index contributed by atoms with van der Waals surface area (Å²) < 4.78 is 16.9. The molecule has 0 spiro atoms. The number of hydrogen-bond acceptors (Lipinski definition) is 6. The van der Waals surface area contributed by atoms with Crippen molar-refractivity contribution in [2.75, 3.05) is 13.2 Å². The molecule has 0 N–H and O–H groups in total. The maximum Gasteiger partial charge on any atom is 0.306 e. The molecule has 432 valence electrons. The van der Waals surface area contributed by atoms with E-state index in [-0.39, 0.29) is 31.1 Å². The summed E-state index contributed by atoms with van der Waals surface area (Å²) in [5.41, 5.74) is 0. The summed E-state index contributed by atoms with van der Waals surface area (Å²) in [7, 11) is 0. The smallest absolute Gasteiger partial charge is 0.306 e. The zero-order valence-electron chi connectivity index (χ0n) is 49.6. The summed E-state index contributed by atoms with van der Waals surface area (Å²) in [5.74, 6) is -0.887. The summed E-state index contributed by atoms with van der Waals surface area (Å²) in [6.45, 7) is 6.51. The van der Waals surface area contributed by atoms with E-state index in [2.05, 4.69) is 106 Å². The Labute approximate surface area is 465 Å². The molecule has 6 heteroatoms. The van der Waals surface area contributed by atoms with Crippen LogP contribution in [-0.4, -0.2) is 37.2 Å². The van der Waals surface area contributed by atoms with Crippen molar-refractivity contribution in [3.63, 3.8) is 0 Å². The topological polar surface area (TPSA) is 78.9 Å². The highest BCUT2D eigenvalue weighted by Crippen LogP contribution is 2.17. The van der Waals surface area contributed by atoms with E-state index in [1.165, 1.54) is 161 Å². The Morgan fingerprint density at radius 3 is 0.853 bits per heavy atom. The molecule has 0 saturated heterocycles. The molecule has 0 aliphatic heterocycles. The largest absolute Gasteiger partial charge is 0.462 e. The van der Waals surface area contributed by atoms with Crippen LogP contribution in [-0.2, 0) is 28.6 Å². The van der Waals surface area contributed by atoms with E-state index < -0.39 is 6.10 Å². The third kappa shape index (κ3) is 61.3. The Balaban J connectivity index is 4.33. The van der Waals surface area contributed by atoms with Crippen LogP contribution in [0.4, 0.5) is 0 Å². The molecule has 0 radical (unpaired) electrons. The molecule has 1 atom stereocenters. The maximum absolute atomic E-state index is 12.9. The van der Waals surface area contributed by atoms with Gasteiger partial charge in [-0.1, -0.05) is 292 Å². The summed E-state index contributed by atoms with van der Waals surface area (Å²) in [6, 6.07) is 0. The van der Waals surface area contributed by atoms with Crippen molar-refractivity contribution >= 4 is 17.9 Å². The van der Waals surface area contributed by atoms with E-state index in [9.17, 15) is 14.4 Å². The molecule has 1 unspecified atom stereocenters. The number of hydrogen-bond donors (Lipinski definition) is 0. The zero-order valence-corrected chi connectivity index (χ0v) is 49.6. The van der Waals surface area contributed by atoms with E-state index >= 15 is 0 Å². The van der Waals surface area contributed by atoms with Gasteiger partial charge in [0.25, 0.3) is 0 Å². The molecule has 0 rings (SSSR count). The normalized spacial score (nSPS) is 12.6. The molecule has 0 fully saturated rings. The van der Waals surface area contributed by atoms with Gasteiger partial charge in [-0.25, -0.2) is 0 Å². The van der Waals surface area contributed by atoms with Crippen molar-refractivity contribution in [2.45, 2.75) is 322 Å². The van der Waals surface area contributed by atoms with Crippen LogP contribution in [0.15, 0.2) is 85.1 Å². The second-order valence-electron chi connectivity index (χ2n) is 21.3. The van der Waals surface area contributed by atoms with Crippen molar-refractivity contribution in [1.82, 2.24) is 0 Å². The Bertz CT molecular complexity index is 1430. The minimum atomic E-state index is -0.784. The predicted octanol–water partition coefficient (Wildman–Crippen LogP) is 21.9. The Morgan fingerprint density at radius 1 is 0.280 bits per heavy atom. The van der Waals surface area contributed by atoms with Crippen molar-refractivity contribution in [3.8, 4) is 0 Å². The molecular formula is C69H120O6. The number of carbonyl (C=O) groups is 3. The van der Waals surface area contributed by atoms with Crippen LogP contribution in [0, 0.1) is 0 Å². The van der Waals surface area contributed by atoms with Gasteiger partial charge in [0.1, 0.15) is 13.2 Å². The van der Waals surface area contributed by atoms with E-state index in [0.717, 1.165) is 116 Å². The minimum Gasteiger partial charge on any atom is -0.462 e. The Morgan fingerprint density at radius 2 is 0.533 bits per heavy atom. The fourth-order valence-corrected chi connectivity index (χ4v) is 9.08. The Kier molecular flexibility index (Phi) is 60.3. The van der Waals surface area contributed by atoms with Crippen LogP contribution < -0.4 is 0 Å². The number of unbranched alkanes of at least 4 members (excludes halogenated alkanes) is 33. The standard InChI is InChI=1S/C69H120O6/c1-4-7-10-13-16-19-22-25-28-30-32-33-34-35-36-37-38-40-41-44-47-50-53-56-59-62-68(71)74-65-66(64-73-67(70)61-58-55-52-49-46-43-27-24-21-18-15-12-9-6-3)75-69(72)63-60-57-54-51-48-45-42-39-31-29-26-23-20-17-14-11-8-5-2/h7,10,15-16,18-19,24-25,27-28,32-33,35-36,66H,4-6,8-9,11-14,17,20-23,26,29-31,34,37-65H2,1-3H3/b10-7-,18-15-,19-16-,27-24-,28-25-,33-32-,36-35-. The highest BCUT2D eigenvalue weighted by Gasteiger charge is 2.19. The summed E-state index contributed by atoms with van der Waals surface area (Å²) in [5, 5.41) is 0. The second-order valence-corrected chi connectivity index (χ2v) is 21.3. The van der Waals surface area contributed by atoms with Gasteiger partial charge in [0.2, 0.25) is 0 Å². The molecule has 0 heterocycles. The quantitative estimate of drug-likeness (QED) is 0.0261. The fourth-order valence-electron chi connectivity index (χ4n) is 9.08. The van der Waals surface area contributed by atoms with Gasteiger partial charge in [-0.2, -0.15) is 0 Å². The van der Waals surface area contributed by atoms with Gasteiger partial charge in [-0.05, 0) is 89.9 Å². The first-order chi connectivity index (χ1) is 37.0. The molecule has 0 aromatic heterocycles. The monoisotopic (exact) mass is 1040 g/mol. The van der Waals surface area contributed by atoms with Crippen molar-refractivity contribution < 1.29 is 28.6 Å². The van der Waals surface area contributed by atoms with Crippen LogP contribution in [0.2, 0.25) is 0 Å². The first-order valence-electron chi connectivity index (χ1n) is 32.1. The van der Waals surface area contributed by atoms with Gasteiger partial charge < -0.3 is 14.2 Å². The SMILES string of the molecule is CC/C=C\C/C=C\C/C=C\C/C=C\C/C=C\CCCCCCCCCCCC(=O)OCC(COC(=O)CCCCCCC/C=C\C/C=C\CCCC)OC(=O)CCCCCCCCCCCCCCCCCCCC. The van der Waals surface area contributed by atoms with E-state index in [1.807, 2.05) is 0 Å². The average molecular weight is 1050 g/mol. The van der Waals surface area contributed by atoms with Crippen LogP contribution in [0.3, 0.4) is 0 Å². The summed E-state index contributed by atoms with van der Waals surface area (Å²) in [4.78, 5) is 38.3. The number of rotatable bonds is 58. The summed E-state index contributed by atoms with van der Waals surface area (Å²) in [6.07, 6.45) is 83.0. The molecule has 0 saturated carbocycles. The molecule has 0 aromatic rings. The second kappa shape index (κ2) is 63.1. The van der Waals surface area contributed by atoms with Crippen LogP contribution in [0.1, 0.15) is 316 Å². The van der Waals surface area contributed by atoms with Crippen LogP contribution >= 0.6 is 0 Å². The highest BCUT2D eigenvalue weighted by atomic mass is 16.6. The van der Waals surface area contributed by atoms with Gasteiger partial charge in [0.15, 0.2) is 6.10 Å². The minimum absolute atomic E-state index is 0.0817. The van der Waals surface area contributed by atoms with Crippen LogP contribution in [0.5, 0.6) is 0 Å². The number of allylic oxidation sites excluding steroid dienone is 14. The first kappa shape index (κ1) is 71.6. The lowest BCUT2D eigenvalue weighted by atomic mass is 10.0. The molecule has 0 bridgehead atoms. The number of esters is 3. The third-order valence-electron chi connectivity index (χ3n) is 13.9. The average Bonchev–Trinajstić information content (AvgIpc) is 3.41. The lowest BCUT2D eigenvalue weighted by molar-refractivity contribution is -0.167. The van der Waals surface area contributed by atoms with Gasteiger partial charge in [-0.3, -0.25) is 14.4 Å². The van der Waals surface area contributed by atoms with Gasteiger partial charge in [0.05, 0.1) is 0 Å². The highest BCUT2D eigenvalue weighted by molar-refractivity contribution is 5.71. The molecule has 0 aliphatic carbocycles. The van der Waals surface area contributed by atoms with E-state index in [0.29, 0.717) is 19.3 Å². The molecular weight excluding hydrogens is 925 g/mol. The molecule has 0 aromatic carbocycles. The lowest BCUT2D eigenvalue weighted by Gasteiger charge is -2.18. The zero-order chi connectivity index (χ0) is 54.3. The van der Waals surface area contributed by atoms with Crippen molar-refractivity contribution in [3.05, 3.63) is 85.1 Å². The summed E-state index contributed by atoms with van der Waals surface area (Å²) >= 11 is 0. The van der Waals surface area contributed by atoms with E-state index in [1.54, 1.807) is 0 Å². The number of ether oxygens (including phenoxy) is 3. The van der Waals surface area contributed by atoms with Crippen molar-refractivity contribution in [2.24, 2.45) is 0 Å². The van der Waals surface area contributed by atoms with Gasteiger partial charge in [-0.15, -0.1) is 0 Å². The lowest BCUT2D eigenvalue weighted by Crippen LogP contribution is -2.30.